The highest BCUT2D eigenvalue weighted by Crippen LogP contribution is 2.41. The van der Waals surface area contributed by atoms with Crippen molar-refractivity contribution in [1.82, 2.24) is 10.2 Å². The van der Waals surface area contributed by atoms with Gasteiger partial charge in [0.05, 0.1) is 19.2 Å². The molecule has 1 atom stereocenters. The highest BCUT2D eigenvalue weighted by Gasteiger charge is 2.55. The fraction of sp³-hybridized carbons (Fsp3) is 0.250. The lowest BCUT2D eigenvalue weighted by atomic mass is 9.92. The normalized spacial score (nSPS) is 20.7. The highest BCUT2D eigenvalue weighted by atomic mass is 19.1. The van der Waals surface area contributed by atoms with Crippen LogP contribution in [0.3, 0.4) is 0 Å². The van der Waals surface area contributed by atoms with Crippen LogP contribution in [0.4, 0.5) is 9.18 Å². The maximum atomic E-state index is 13.5. The summed E-state index contributed by atoms with van der Waals surface area (Å²) in [5, 5.41) is 2.76. The van der Waals surface area contributed by atoms with Crippen molar-refractivity contribution in [3.8, 4) is 5.75 Å². The van der Waals surface area contributed by atoms with Crippen LogP contribution in [0.2, 0.25) is 0 Å². The average molecular weight is 368 g/mol. The molecule has 1 aliphatic heterocycles. The molecule has 1 aliphatic carbocycles. The van der Waals surface area contributed by atoms with Gasteiger partial charge in [0.25, 0.3) is 5.91 Å². The first kappa shape index (κ1) is 17.2. The highest BCUT2D eigenvalue weighted by molar-refractivity contribution is 6.12. The third kappa shape index (κ3) is 2.58. The van der Waals surface area contributed by atoms with Gasteiger partial charge in [-0.05, 0) is 42.2 Å². The molecule has 1 N–H and O–H groups in total. The van der Waals surface area contributed by atoms with Gasteiger partial charge in [-0.15, -0.1) is 0 Å². The van der Waals surface area contributed by atoms with Crippen molar-refractivity contribution >= 4 is 17.7 Å². The van der Waals surface area contributed by atoms with Gasteiger partial charge in [0, 0.05) is 0 Å². The largest absolute Gasteiger partial charge is 0.496 e. The van der Waals surface area contributed by atoms with Crippen LogP contribution in [0.15, 0.2) is 42.5 Å². The molecule has 0 saturated carbocycles. The lowest BCUT2D eigenvalue weighted by Crippen LogP contribution is -2.42. The number of hydrogen-bond acceptors (Lipinski definition) is 4. The molecule has 2 aromatic carbocycles. The number of urea groups is 1. The van der Waals surface area contributed by atoms with Gasteiger partial charge in [-0.1, -0.05) is 24.3 Å². The number of ether oxygens (including phenoxy) is 1. The van der Waals surface area contributed by atoms with Crippen LogP contribution >= 0.6 is 0 Å². The number of carbonyl (C=O) groups excluding carboxylic acids is 3. The zero-order valence-corrected chi connectivity index (χ0v) is 14.6. The first-order valence-corrected chi connectivity index (χ1v) is 8.55. The van der Waals surface area contributed by atoms with Gasteiger partial charge in [-0.25, -0.2) is 9.18 Å². The number of ketones is 1. The number of carbonyl (C=O) groups is 3. The van der Waals surface area contributed by atoms with Crippen LogP contribution in [0.5, 0.6) is 5.75 Å². The minimum Gasteiger partial charge on any atom is -0.496 e. The number of amides is 3. The number of hydrogen-bond donors (Lipinski definition) is 1. The first-order valence-electron chi connectivity index (χ1n) is 8.55. The number of aryl methyl sites for hydroxylation is 1. The standard InChI is InChI=1S/C20H17FN2O4/c1-27-17-7-6-13(21)10-14(17)16(24)11-23-18(25)20(22-19(23)26)9-8-12-4-2-3-5-15(12)20/h2-7,10H,8-9,11H2,1H3,(H,22,26). The Balaban J connectivity index is 1.63. The Bertz CT molecular complexity index is 974. The molecule has 0 aromatic heterocycles. The Kier molecular flexibility index (Phi) is 3.95. The van der Waals surface area contributed by atoms with Gasteiger partial charge in [0.2, 0.25) is 0 Å². The summed E-state index contributed by atoms with van der Waals surface area (Å²) in [4.78, 5) is 39.1. The molecule has 2 aromatic rings. The molecule has 1 heterocycles. The molecule has 6 nitrogen and oxygen atoms in total. The summed E-state index contributed by atoms with van der Waals surface area (Å²) in [5.41, 5.74) is 0.638. The second-order valence-electron chi connectivity index (χ2n) is 6.65. The number of imide groups is 1. The topological polar surface area (TPSA) is 75.7 Å². The molecule has 1 spiro atoms. The molecular formula is C20H17FN2O4. The molecule has 0 bridgehead atoms. The Hall–Kier alpha value is -3.22. The van der Waals surface area contributed by atoms with Gasteiger partial charge in [0.1, 0.15) is 17.1 Å². The van der Waals surface area contributed by atoms with Gasteiger partial charge in [0.15, 0.2) is 5.78 Å². The van der Waals surface area contributed by atoms with Gasteiger partial charge in [-0.2, -0.15) is 0 Å². The number of methoxy groups -OCH3 is 1. The van der Waals surface area contributed by atoms with Crippen molar-refractivity contribution in [2.45, 2.75) is 18.4 Å². The molecule has 138 valence electrons. The van der Waals surface area contributed by atoms with Crippen molar-refractivity contribution in [2.75, 3.05) is 13.7 Å². The molecule has 2 aliphatic rings. The Morgan fingerprint density at radius 3 is 2.81 bits per heavy atom. The lowest BCUT2D eigenvalue weighted by Gasteiger charge is -2.22. The van der Waals surface area contributed by atoms with Crippen molar-refractivity contribution in [3.05, 3.63) is 65.0 Å². The number of halogens is 1. The monoisotopic (exact) mass is 368 g/mol. The van der Waals surface area contributed by atoms with Gasteiger partial charge < -0.3 is 10.1 Å². The lowest BCUT2D eigenvalue weighted by molar-refractivity contribution is -0.131. The number of nitrogens with one attached hydrogen (secondary N) is 1. The van der Waals surface area contributed by atoms with E-state index in [0.29, 0.717) is 12.8 Å². The Labute approximate surface area is 154 Å². The van der Waals surface area contributed by atoms with E-state index in [1.165, 1.54) is 19.2 Å². The molecule has 1 saturated heterocycles. The second kappa shape index (κ2) is 6.19. The minimum atomic E-state index is -1.13. The van der Waals surface area contributed by atoms with Crippen LogP contribution in [-0.4, -0.2) is 36.3 Å². The number of rotatable bonds is 4. The van der Waals surface area contributed by atoms with E-state index in [-0.39, 0.29) is 11.3 Å². The molecule has 3 amide bonds. The zero-order valence-electron chi connectivity index (χ0n) is 14.6. The quantitative estimate of drug-likeness (QED) is 0.664. The summed E-state index contributed by atoms with van der Waals surface area (Å²) in [7, 11) is 1.36. The van der Waals surface area contributed by atoms with E-state index in [0.717, 1.165) is 22.1 Å². The van der Waals surface area contributed by atoms with Crippen molar-refractivity contribution < 1.29 is 23.5 Å². The fourth-order valence-electron chi connectivity index (χ4n) is 3.86. The molecule has 4 rings (SSSR count). The maximum Gasteiger partial charge on any atom is 0.325 e. The predicted molar refractivity (Wildman–Crippen MR) is 94.0 cm³/mol. The Morgan fingerprint density at radius 1 is 1.26 bits per heavy atom. The summed E-state index contributed by atoms with van der Waals surface area (Å²) in [5.74, 6) is -1.44. The predicted octanol–water partition coefficient (Wildman–Crippen LogP) is 2.41. The smallest absolute Gasteiger partial charge is 0.325 e. The molecule has 1 unspecified atom stereocenters. The van der Waals surface area contributed by atoms with Crippen LogP contribution < -0.4 is 10.1 Å². The minimum absolute atomic E-state index is 0.00845. The SMILES string of the molecule is COc1ccc(F)cc1C(=O)CN1C(=O)NC2(CCc3ccccc32)C1=O. The number of nitrogens with zero attached hydrogens (tertiary/aromatic N) is 1. The molecule has 0 radical (unpaired) electrons. The first-order chi connectivity index (χ1) is 13.0. The van der Waals surface area contributed by atoms with Crippen molar-refractivity contribution in [3.63, 3.8) is 0 Å². The van der Waals surface area contributed by atoms with E-state index in [2.05, 4.69) is 5.32 Å². The molecule has 1 fully saturated rings. The van der Waals surface area contributed by atoms with Crippen LogP contribution in [0.25, 0.3) is 0 Å². The molecular weight excluding hydrogens is 351 g/mol. The van der Waals surface area contributed by atoms with Gasteiger partial charge in [-0.3, -0.25) is 14.5 Å². The van der Waals surface area contributed by atoms with E-state index in [1.54, 1.807) is 0 Å². The van der Waals surface area contributed by atoms with Gasteiger partial charge >= 0.3 is 6.03 Å². The molecule has 7 heteroatoms. The van der Waals surface area contributed by atoms with E-state index in [1.807, 2.05) is 24.3 Å². The maximum absolute atomic E-state index is 13.5. The summed E-state index contributed by atoms with van der Waals surface area (Å²) >= 11 is 0. The van der Waals surface area contributed by atoms with Crippen LogP contribution in [0, 0.1) is 5.82 Å². The summed E-state index contributed by atoms with van der Waals surface area (Å²) < 4.78 is 18.6. The van der Waals surface area contributed by atoms with E-state index in [9.17, 15) is 18.8 Å². The summed E-state index contributed by atoms with van der Waals surface area (Å²) in [6, 6.07) is 10.4. The number of fused-ring (bicyclic) bond motifs is 2. The van der Waals surface area contributed by atoms with Crippen molar-refractivity contribution in [2.24, 2.45) is 0 Å². The molecule has 27 heavy (non-hydrogen) atoms. The number of Topliss-reactive ketones (excluding diaryl/α,β-unsaturated/α-hetero) is 1. The van der Waals surface area contributed by atoms with Crippen LogP contribution in [0.1, 0.15) is 27.9 Å². The third-order valence-electron chi connectivity index (χ3n) is 5.19. The van der Waals surface area contributed by atoms with E-state index >= 15 is 0 Å². The van der Waals surface area contributed by atoms with Crippen LogP contribution in [-0.2, 0) is 16.8 Å². The zero-order chi connectivity index (χ0) is 19.2. The van der Waals surface area contributed by atoms with E-state index in [4.69, 9.17) is 4.74 Å². The second-order valence-corrected chi connectivity index (χ2v) is 6.65. The summed E-state index contributed by atoms with van der Waals surface area (Å²) in [6.07, 6.45) is 1.12. The number of benzene rings is 2. The third-order valence-corrected chi connectivity index (χ3v) is 5.19. The Morgan fingerprint density at radius 2 is 2.04 bits per heavy atom. The van der Waals surface area contributed by atoms with E-state index < -0.39 is 35.6 Å². The van der Waals surface area contributed by atoms with Crippen molar-refractivity contribution in [1.29, 1.82) is 0 Å². The summed E-state index contributed by atoms with van der Waals surface area (Å²) in [6.45, 7) is -0.478. The fourth-order valence-corrected chi connectivity index (χ4v) is 3.86. The average Bonchev–Trinajstić information content (AvgIpc) is 3.15.